The number of carbonyl (C=O) groups is 1. The smallest absolute Gasteiger partial charge is 0.387 e. The first-order valence-electron chi connectivity index (χ1n) is 8.98. The number of amides is 2. The van der Waals surface area contributed by atoms with E-state index in [4.69, 9.17) is 9.47 Å². The van der Waals surface area contributed by atoms with Crippen molar-refractivity contribution in [3.05, 3.63) is 58.1 Å². The van der Waals surface area contributed by atoms with E-state index in [0.717, 1.165) is 10.0 Å². The highest BCUT2D eigenvalue weighted by molar-refractivity contribution is 9.10. The second-order valence-corrected chi connectivity index (χ2v) is 7.30. The number of morpholine rings is 1. The molecule has 9 heteroatoms. The van der Waals surface area contributed by atoms with Crippen LogP contribution >= 0.6 is 15.9 Å². The quantitative estimate of drug-likeness (QED) is 0.681. The van der Waals surface area contributed by atoms with Crippen molar-refractivity contribution in [2.24, 2.45) is 0 Å². The summed E-state index contributed by atoms with van der Waals surface area (Å²) in [6.45, 7) is -1.34. The van der Waals surface area contributed by atoms with Gasteiger partial charge in [-0.15, -0.1) is 0 Å². The van der Waals surface area contributed by atoms with Crippen LogP contribution in [0.1, 0.15) is 17.2 Å². The fourth-order valence-corrected chi connectivity index (χ4v) is 3.46. The first-order valence-corrected chi connectivity index (χ1v) is 9.77. The van der Waals surface area contributed by atoms with Crippen LogP contribution < -0.4 is 14.8 Å². The Morgan fingerprint density at radius 2 is 2.14 bits per heavy atom. The molecule has 1 fully saturated rings. The van der Waals surface area contributed by atoms with Crippen LogP contribution in [0.25, 0.3) is 0 Å². The Labute approximate surface area is 175 Å². The molecule has 0 radical (unpaired) electrons. The lowest BCUT2D eigenvalue weighted by Crippen LogP contribution is -2.46. The number of hydrogen-bond acceptors (Lipinski definition) is 4. The van der Waals surface area contributed by atoms with Crippen molar-refractivity contribution < 1.29 is 27.8 Å². The van der Waals surface area contributed by atoms with Crippen LogP contribution in [0.3, 0.4) is 0 Å². The van der Waals surface area contributed by atoms with E-state index in [1.165, 1.54) is 13.2 Å². The molecule has 3 rings (SSSR count). The van der Waals surface area contributed by atoms with Gasteiger partial charge in [0.05, 0.1) is 20.3 Å². The molecule has 0 aromatic heterocycles. The van der Waals surface area contributed by atoms with Gasteiger partial charge in [0.15, 0.2) is 11.5 Å². The van der Waals surface area contributed by atoms with Crippen LogP contribution in [0.5, 0.6) is 11.5 Å². The van der Waals surface area contributed by atoms with Crippen molar-refractivity contribution in [3.63, 3.8) is 0 Å². The summed E-state index contributed by atoms with van der Waals surface area (Å²) in [5, 5.41) is 2.84. The lowest BCUT2D eigenvalue weighted by atomic mass is 10.1. The van der Waals surface area contributed by atoms with Gasteiger partial charge in [0, 0.05) is 17.6 Å². The van der Waals surface area contributed by atoms with Crippen molar-refractivity contribution in [2.45, 2.75) is 19.3 Å². The number of carbonyl (C=O) groups excluding carboxylic acids is 1. The van der Waals surface area contributed by atoms with Crippen LogP contribution in [0.15, 0.2) is 46.9 Å². The third-order valence-corrected chi connectivity index (χ3v) is 4.96. The molecule has 29 heavy (non-hydrogen) atoms. The van der Waals surface area contributed by atoms with Crippen LogP contribution in [0.2, 0.25) is 0 Å². The van der Waals surface area contributed by atoms with E-state index in [1.54, 1.807) is 17.0 Å². The Hall–Kier alpha value is -2.39. The molecule has 0 aliphatic carbocycles. The number of rotatable bonds is 6. The highest BCUT2D eigenvalue weighted by Crippen LogP contribution is 2.29. The lowest BCUT2D eigenvalue weighted by Gasteiger charge is -2.33. The standard InChI is InChI=1S/C20H21BrF2N2O4/c1-27-17-9-13(5-6-16(17)29-19(22)23)11-24-20(26)25-7-8-28-18(12-25)14-3-2-4-15(21)10-14/h2-6,9-10,18-19H,7-8,11-12H2,1H3,(H,24,26). The Morgan fingerprint density at radius 1 is 1.31 bits per heavy atom. The molecule has 1 N–H and O–H groups in total. The molecule has 0 bridgehead atoms. The second kappa shape index (κ2) is 9.89. The minimum atomic E-state index is -2.94. The summed E-state index contributed by atoms with van der Waals surface area (Å²) in [4.78, 5) is 14.3. The number of halogens is 3. The second-order valence-electron chi connectivity index (χ2n) is 6.38. The van der Waals surface area contributed by atoms with Gasteiger partial charge < -0.3 is 24.4 Å². The fraction of sp³-hybridized carbons (Fsp3) is 0.350. The van der Waals surface area contributed by atoms with Gasteiger partial charge in [0.2, 0.25) is 0 Å². The zero-order chi connectivity index (χ0) is 20.8. The Kier molecular flexibility index (Phi) is 7.27. The maximum Gasteiger partial charge on any atom is 0.387 e. The molecule has 1 unspecified atom stereocenters. The van der Waals surface area contributed by atoms with Crippen LogP contribution in [-0.4, -0.2) is 44.3 Å². The highest BCUT2D eigenvalue weighted by atomic mass is 79.9. The summed E-state index contributed by atoms with van der Waals surface area (Å²) < 4.78 is 41.1. The molecule has 156 valence electrons. The summed E-state index contributed by atoms with van der Waals surface area (Å²) in [5.41, 5.74) is 1.70. The molecule has 1 aliphatic heterocycles. The maximum atomic E-state index is 12.6. The lowest BCUT2D eigenvalue weighted by molar-refractivity contribution is -0.0512. The summed E-state index contributed by atoms with van der Waals surface area (Å²) in [7, 11) is 1.37. The van der Waals surface area contributed by atoms with E-state index >= 15 is 0 Å². The Balaban J connectivity index is 1.59. The van der Waals surface area contributed by atoms with Crippen molar-refractivity contribution in [2.75, 3.05) is 26.8 Å². The Bertz CT molecular complexity index is 853. The van der Waals surface area contributed by atoms with Crippen molar-refractivity contribution in [1.82, 2.24) is 10.2 Å². The number of hydrogen-bond donors (Lipinski definition) is 1. The largest absolute Gasteiger partial charge is 0.493 e. The van der Waals surface area contributed by atoms with Crippen molar-refractivity contribution >= 4 is 22.0 Å². The molecule has 1 atom stereocenters. The van der Waals surface area contributed by atoms with Crippen LogP contribution in [0.4, 0.5) is 13.6 Å². The minimum Gasteiger partial charge on any atom is -0.493 e. The fourth-order valence-electron chi connectivity index (χ4n) is 3.05. The van der Waals surface area contributed by atoms with E-state index < -0.39 is 6.61 Å². The average molecular weight is 471 g/mol. The van der Waals surface area contributed by atoms with Crippen LogP contribution in [-0.2, 0) is 11.3 Å². The predicted octanol–water partition coefficient (Wildman–Crippen LogP) is 4.34. The monoisotopic (exact) mass is 470 g/mol. The number of ether oxygens (including phenoxy) is 3. The minimum absolute atomic E-state index is 0.0531. The normalized spacial score (nSPS) is 16.6. The van der Waals surface area contributed by atoms with Crippen LogP contribution in [0, 0.1) is 0 Å². The molecular formula is C20H21BrF2N2O4. The number of urea groups is 1. The molecule has 2 amide bonds. The van der Waals surface area contributed by atoms with Gasteiger partial charge >= 0.3 is 12.6 Å². The highest BCUT2D eigenvalue weighted by Gasteiger charge is 2.25. The topological polar surface area (TPSA) is 60.0 Å². The number of nitrogens with one attached hydrogen (secondary N) is 1. The summed E-state index contributed by atoms with van der Waals surface area (Å²) in [6, 6.07) is 12.1. The van der Waals surface area contributed by atoms with Gasteiger partial charge in [-0.05, 0) is 35.4 Å². The third-order valence-electron chi connectivity index (χ3n) is 4.46. The van der Waals surface area contributed by atoms with Gasteiger partial charge in [0.1, 0.15) is 6.10 Å². The molecule has 0 spiro atoms. The van der Waals surface area contributed by atoms with Crippen molar-refractivity contribution in [1.29, 1.82) is 0 Å². The SMILES string of the molecule is COc1cc(CNC(=O)N2CCOC(c3cccc(Br)c3)C2)ccc1OC(F)F. The molecule has 1 aliphatic rings. The first-order chi connectivity index (χ1) is 14.0. The molecule has 0 saturated carbocycles. The average Bonchev–Trinajstić information content (AvgIpc) is 2.72. The summed E-state index contributed by atoms with van der Waals surface area (Å²) in [6.07, 6.45) is -0.196. The molecule has 2 aromatic carbocycles. The van der Waals surface area contributed by atoms with E-state index in [2.05, 4.69) is 26.0 Å². The Morgan fingerprint density at radius 3 is 2.86 bits per heavy atom. The van der Waals surface area contributed by atoms with E-state index in [0.29, 0.717) is 25.3 Å². The first kappa shape index (κ1) is 21.3. The molecule has 2 aromatic rings. The van der Waals surface area contributed by atoms with E-state index in [9.17, 15) is 13.6 Å². The van der Waals surface area contributed by atoms with Crippen molar-refractivity contribution in [3.8, 4) is 11.5 Å². The number of nitrogens with zero attached hydrogens (tertiary/aromatic N) is 1. The molecule has 1 heterocycles. The van der Waals surface area contributed by atoms with Gasteiger partial charge in [0.25, 0.3) is 0 Å². The zero-order valence-corrected chi connectivity index (χ0v) is 17.3. The van der Waals surface area contributed by atoms with Gasteiger partial charge in [-0.3, -0.25) is 0 Å². The van der Waals surface area contributed by atoms with Gasteiger partial charge in [-0.2, -0.15) is 8.78 Å². The predicted molar refractivity (Wildman–Crippen MR) is 106 cm³/mol. The number of benzene rings is 2. The maximum absolute atomic E-state index is 12.6. The van der Waals surface area contributed by atoms with E-state index in [1.807, 2.05) is 24.3 Å². The number of alkyl halides is 2. The summed E-state index contributed by atoms with van der Waals surface area (Å²) >= 11 is 3.44. The molecule has 1 saturated heterocycles. The zero-order valence-electron chi connectivity index (χ0n) is 15.7. The molecule has 6 nitrogen and oxygen atoms in total. The van der Waals surface area contributed by atoms with E-state index in [-0.39, 0.29) is 30.2 Å². The van der Waals surface area contributed by atoms with Gasteiger partial charge in [-0.25, -0.2) is 4.79 Å². The number of methoxy groups -OCH3 is 1. The summed E-state index contributed by atoms with van der Waals surface area (Å²) in [5.74, 6) is 0.126. The molecular weight excluding hydrogens is 450 g/mol. The van der Waals surface area contributed by atoms with Gasteiger partial charge in [-0.1, -0.05) is 34.1 Å². The third kappa shape index (κ3) is 5.80.